The molecule has 2 unspecified atom stereocenters. The first kappa shape index (κ1) is 13.4. The van der Waals surface area contributed by atoms with E-state index < -0.39 is 6.10 Å². The van der Waals surface area contributed by atoms with E-state index in [-0.39, 0.29) is 11.7 Å². The molecule has 1 heterocycles. The van der Waals surface area contributed by atoms with Gasteiger partial charge in [-0.05, 0) is 31.4 Å². The molecule has 3 atom stereocenters. The second-order valence-electron chi connectivity index (χ2n) is 5.64. The number of rotatable bonds is 1. The maximum absolute atomic E-state index is 10.4. The summed E-state index contributed by atoms with van der Waals surface area (Å²) in [6.45, 7) is 0. The lowest BCUT2D eigenvalue weighted by molar-refractivity contribution is -0.0796. The number of ether oxygens (including phenoxy) is 2. The van der Waals surface area contributed by atoms with Crippen molar-refractivity contribution in [2.24, 2.45) is 0 Å². The van der Waals surface area contributed by atoms with Gasteiger partial charge in [0.25, 0.3) is 0 Å². The first-order valence-electron chi connectivity index (χ1n) is 6.81. The molecule has 3 nitrogen and oxygen atoms in total. The number of methoxy groups -OCH3 is 1. The van der Waals surface area contributed by atoms with Crippen molar-refractivity contribution < 1.29 is 14.6 Å². The molecule has 1 N–H and O–H groups in total. The van der Waals surface area contributed by atoms with Crippen LogP contribution in [0.2, 0.25) is 0 Å². The zero-order valence-corrected chi connectivity index (χ0v) is 12.6. The Balaban J connectivity index is 1.90. The van der Waals surface area contributed by atoms with E-state index >= 15 is 0 Å². The summed E-state index contributed by atoms with van der Waals surface area (Å²) in [5.74, 6) is 0.810. The fraction of sp³-hybridized carbons (Fsp3) is 0.600. The number of hydrogen-bond donors (Lipinski definition) is 1. The smallest absolute Gasteiger partial charge is 0.127 e. The molecule has 1 aliphatic heterocycles. The van der Waals surface area contributed by atoms with Crippen LogP contribution >= 0.6 is 15.9 Å². The van der Waals surface area contributed by atoms with Gasteiger partial charge in [0.2, 0.25) is 0 Å². The monoisotopic (exact) mass is 326 g/mol. The molecule has 0 radical (unpaired) electrons. The molecule has 1 fully saturated rings. The highest BCUT2D eigenvalue weighted by Crippen LogP contribution is 2.47. The second kappa shape index (κ2) is 5.08. The molecule has 1 aromatic rings. The van der Waals surface area contributed by atoms with Gasteiger partial charge in [-0.2, -0.15) is 0 Å². The van der Waals surface area contributed by atoms with Crippen molar-refractivity contribution in [3.05, 3.63) is 28.2 Å². The Labute approximate surface area is 122 Å². The predicted octanol–water partition coefficient (Wildman–Crippen LogP) is 3.59. The number of aliphatic hydroxyl groups is 1. The van der Waals surface area contributed by atoms with Crippen LogP contribution in [-0.2, 0) is 4.74 Å². The van der Waals surface area contributed by atoms with E-state index in [1.54, 1.807) is 7.11 Å². The van der Waals surface area contributed by atoms with Crippen molar-refractivity contribution in [3.8, 4) is 5.75 Å². The molecule has 0 amide bonds. The van der Waals surface area contributed by atoms with E-state index in [0.717, 1.165) is 41.5 Å². The van der Waals surface area contributed by atoms with Crippen LogP contribution in [0.3, 0.4) is 0 Å². The number of halogens is 1. The normalized spacial score (nSPS) is 33.8. The number of aliphatic hydroxyl groups excluding tert-OH is 1. The average molecular weight is 327 g/mol. The fourth-order valence-corrected chi connectivity index (χ4v) is 3.70. The first-order chi connectivity index (χ1) is 9.12. The van der Waals surface area contributed by atoms with Gasteiger partial charge in [0.1, 0.15) is 11.4 Å². The average Bonchev–Trinajstić information content (AvgIpc) is 2.38. The third-order valence-electron chi connectivity index (χ3n) is 4.32. The van der Waals surface area contributed by atoms with Gasteiger partial charge >= 0.3 is 0 Å². The Morgan fingerprint density at radius 3 is 3.05 bits per heavy atom. The van der Waals surface area contributed by atoms with Gasteiger partial charge in [0.15, 0.2) is 0 Å². The highest BCUT2D eigenvalue weighted by Gasteiger charge is 2.44. The van der Waals surface area contributed by atoms with Gasteiger partial charge in [-0.1, -0.05) is 22.0 Å². The molecule has 3 rings (SSSR count). The van der Waals surface area contributed by atoms with Gasteiger partial charge in [0, 0.05) is 30.0 Å². The second-order valence-corrected chi connectivity index (χ2v) is 6.56. The van der Waals surface area contributed by atoms with E-state index in [2.05, 4.69) is 15.9 Å². The minimum Gasteiger partial charge on any atom is -0.487 e. The minimum atomic E-state index is -0.438. The third-order valence-corrected chi connectivity index (χ3v) is 4.81. The summed E-state index contributed by atoms with van der Waals surface area (Å²) in [7, 11) is 1.76. The molecule has 0 aromatic heterocycles. The summed E-state index contributed by atoms with van der Waals surface area (Å²) in [6, 6.07) is 5.84. The molecule has 1 aromatic carbocycles. The van der Waals surface area contributed by atoms with Gasteiger partial charge in [-0.15, -0.1) is 0 Å². The lowest BCUT2D eigenvalue weighted by Gasteiger charge is -2.45. The Morgan fingerprint density at radius 1 is 1.42 bits per heavy atom. The van der Waals surface area contributed by atoms with E-state index in [0.29, 0.717) is 6.42 Å². The quantitative estimate of drug-likeness (QED) is 0.857. The summed E-state index contributed by atoms with van der Waals surface area (Å²) in [6.07, 6.45) is 4.52. The summed E-state index contributed by atoms with van der Waals surface area (Å²) in [4.78, 5) is 0. The first-order valence-corrected chi connectivity index (χ1v) is 7.60. The van der Waals surface area contributed by atoms with Gasteiger partial charge < -0.3 is 14.6 Å². The highest BCUT2D eigenvalue weighted by atomic mass is 79.9. The van der Waals surface area contributed by atoms with E-state index in [4.69, 9.17) is 9.47 Å². The topological polar surface area (TPSA) is 38.7 Å². The van der Waals surface area contributed by atoms with Crippen LogP contribution in [0.15, 0.2) is 22.7 Å². The van der Waals surface area contributed by atoms with Crippen LogP contribution in [0.25, 0.3) is 0 Å². The molecule has 1 saturated carbocycles. The van der Waals surface area contributed by atoms with E-state index in [1.807, 2.05) is 18.2 Å². The maximum atomic E-state index is 10.4. The van der Waals surface area contributed by atoms with Crippen molar-refractivity contribution in [1.29, 1.82) is 0 Å². The van der Waals surface area contributed by atoms with Crippen molar-refractivity contribution >= 4 is 15.9 Å². The largest absolute Gasteiger partial charge is 0.487 e. The fourth-order valence-electron chi connectivity index (χ4n) is 3.36. The summed E-state index contributed by atoms with van der Waals surface area (Å²) in [5.41, 5.74) is 0.639. The Hall–Kier alpha value is -0.580. The lowest BCUT2D eigenvalue weighted by atomic mass is 9.76. The number of benzene rings is 1. The molecular formula is C15H19BrO3. The van der Waals surface area contributed by atoms with Crippen molar-refractivity contribution in [3.63, 3.8) is 0 Å². The maximum Gasteiger partial charge on any atom is 0.127 e. The minimum absolute atomic E-state index is 0.245. The molecule has 104 valence electrons. The van der Waals surface area contributed by atoms with Crippen LogP contribution < -0.4 is 4.74 Å². The van der Waals surface area contributed by atoms with Crippen molar-refractivity contribution in [2.75, 3.05) is 7.11 Å². The predicted molar refractivity (Wildman–Crippen MR) is 76.3 cm³/mol. The van der Waals surface area contributed by atoms with Crippen LogP contribution in [0.1, 0.15) is 43.8 Å². The van der Waals surface area contributed by atoms with Crippen molar-refractivity contribution in [1.82, 2.24) is 0 Å². The molecule has 0 saturated heterocycles. The molecule has 19 heavy (non-hydrogen) atoms. The van der Waals surface area contributed by atoms with E-state index in [1.165, 1.54) is 0 Å². The van der Waals surface area contributed by atoms with Crippen LogP contribution in [0.4, 0.5) is 0 Å². The Morgan fingerprint density at radius 2 is 2.26 bits per heavy atom. The summed E-state index contributed by atoms with van der Waals surface area (Å²) >= 11 is 3.46. The Kier molecular flexibility index (Phi) is 3.58. The highest BCUT2D eigenvalue weighted by molar-refractivity contribution is 9.10. The van der Waals surface area contributed by atoms with Crippen LogP contribution in [0, 0.1) is 0 Å². The number of fused-ring (bicyclic) bond motifs is 1. The number of hydrogen-bond acceptors (Lipinski definition) is 3. The molecule has 1 spiro atoms. The lowest BCUT2D eigenvalue weighted by Crippen LogP contribution is -2.46. The molecule has 4 heteroatoms. The van der Waals surface area contributed by atoms with E-state index in [9.17, 15) is 5.11 Å². The van der Waals surface area contributed by atoms with Crippen molar-refractivity contribution in [2.45, 2.75) is 49.9 Å². The Bertz CT molecular complexity index is 476. The zero-order valence-electron chi connectivity index (χ0n) is 11.1. The van der Waals surface area contributed by atoms with Crippen LogP contribution in [0.5, 0.6) is 5.75 Å². The summed E-state index contributed by atoms with van der Waals surface area (Å²) in [5, 5.41) is 10.4. The zero-order chi connectivity index (χ0) is 13.5. The molecule has 1 aliphatic carbocycles. The molecular weight excluding hydrogens is 308 g/mol. The summed E-state index contributed by atoms with van der Waals surface area (Å²) < 4.78 is 12.7. The van der Waals surface area contributed by atoms with Gasteiger partial charge in [0.05, 0.1) is 12.2 Å². The standard InChI is InChI=1S/C15H19BrO3/c1-18-11-3-2-6-15(8-11)9-13(17)12-5-4-10(16)7-14(12)19-15/h4-5,7,11,13,17H,2-3,6,8-9H2,1H3/t11?,13-,15?/m0/s1. The third kappa shape index (κ3) is 2.54. The molecule has 0 bridgehead atoms. The van der Waals surface area contributed by atoms with Gasteiger partial charge in [-0.25, -0.2) is 0 Å². The molecule has 2 aliphatic rings. The SMILES string of the molecule is COC1CCCC2(C1)C[C@H](O)c1ccc(Br)cc1O2. The van der Waals surface area contributed by atoms with Gasteiger partial charge in [-0.3, -0.25) is 0 Å². The van der Waals surface area contributed by atoms with Crippen LogP contribution in [-0.4, -0.2) is 23.9 Å².